The minimum atomic E-state index is -0.474. The lowest BCUT2D eigenvalue weighted by atomic mass is 9.93. The van der Waals surface area contributed by atoms with Crippen LogP contribution in [0.1, 0.15) is 25.8 Å². The third-order valence-electron chi connectivity index (χ3n) is 3.33. The molecule has 18 heavy (non-hydrogen) atoms. The topological polar surface area (TPSA) is 70.2 Å². The monoisotopic (exact) mass is 245 g/mol. The maximum Gasteiger partial charge on any atom is 0.270 e. The van der Waals surface area contributed by atoms with E-state index in [2.05, 4.69) is 18.7 Å². The lowest BCUT2D eigenvalue weighted by Gasteiger charge is -2.22. The van der Waals surface area contributed by atoms with Crippen LogP contribution in [0.15, 0.2) is 18.2 Å². The van der Waals surface area contributed by atoms with Crippen LogP contribution in [-0.4, -0.2) is 18.0 Å². The van der Waals surface area contributed by atoms with Gasteiger partial charge in [-0.05, 0) is 17.9 Å². The van der Waals surface area contributed by atoms with Gasteiger partial charge in [-0.2, -0.15) is 5.26 Å². The van der Waals surface area contributed by atoms with Gasteiger partial charge in [-0.15, -0.1) is 0 Å². The minimum absolute atomic E-state index is 0.0336. The Morgan fingerprint density at radius 2 is 2.22 bits per heavy atom. The maximum atomic E-state index is 10.7. The molecule has 1 aliphatic rings. The van der Waals surface area contributed by atoms with E-state index in [4.69, 9.17) is 5.26 Å². The Morgan fingerprint density at radius 3 is 2.72 bits per heavy atom. The van der Waals surface area contributed by atoms with Crippen LogP contribution in [0, 0.1) is 26.9 Å². The Kier molecular flexibility index (Phi) is 2.95. The summed E-state index contributed by atoms with van der Waals surface area (Å²) in [4.78, 5) is 12.3. The summed E-state index contributed by atoms with van der Waals surface area (Å²) in [5.41, 5.74) is 1.37. The molecule has 0 unspecified atom stereocenters. The smallest absolute Gasteiger partial charge is 0.270 e. The summed E-state index contributed by atoms with van der Waals surface area (Å²) in [5, 5.41) is 19.8. The zero-order chi connectivity index (χ0) is 13.3. The van der Waals surface area contributed by atoms with Gasteiger partial charge in [0, 0.05) is 25.2 Å². The molecular weight excluding hydrogens is 230 g/mol. The van der Waals surface area contributed by atoms with Crippen molar-refractivity contribution in [1.82, 2.24) is 0 Å². The Morgan fingerprint density at radius 1 is 1.50 bits per heavy atom. The molecule has 0 bridgehead atoms. The Hall–Kier alpha value is -2.09. The highest BCUT2D eigenvalue weighted by molar-refractivity contribution is 5.63. The van der Waals surface area contributed by atoms with E-state index in [0.29, 0.717) is 5.56 Å². The third kappa shape index (κ3) is 2.28. The molecule has 1 aromatic carbocycles. The second-order valence-corrected chi connectivity index (χ2v) is 5.41. The van der Waals surface area contributed by atoms with E-state index in [-0.39, 0.29) is 11.1 Å². The summed E-state index contributed by atoms with van der Waals surface area (Å²) in [6.07, 6.45) is 1.06. The van der Waals surface area contributed by atoms with Crippen LogP contribution in [0.25, 0.3) is 0 Å². The first kappa shape index (κ1) is 12.4. The number of rotatable bonds is 2. The van der Waals surface area contributed by atoms with Crippen molar-refractivity contribution in [2.45, 2.75) is 20.3 Å². The van der Waals surface area contributed by atoms with Gasteiger partial charge >= 0.3 is 0 Å². The Bertz CT molecular complexity index is 532. The molecular formula is C13H15N3O2. The van der Waals surface area contributed by atoms with E-state index in [0.717, 1.165) is 25.2 Å². The molecule has 0 amide bonds. The van der Waals surface area contributed by atoms with Crippen molar-refractivity contribution in [3.63, 3.8) is 0 Å². The number of anilines is 1. The number of nitro groups is 1. The molecule has 2 rings (SSSR count). The van der Waals surface area contributed by atoms with Gasteiger partial charge in [0.25, 0.3) is 5.69 Å². The van der Waals surface area contributed by atoms with E-state index in [9.17, 15) is 10.1 Å². The Balaban J connectivity index is 2.35. The lowest BCUT2D eigenvalue weighted by molar-refractivity contribution is -0.384. The van der Waals surface area contributed by atoms with E-state index in [1.807, 2.05) is 6.07 Å². The van der Waals surface area contributed by atoms with Crippen LogP contribution in [0.2, 0.25) is 0 Å². The van der Waals surface area contributed by atoms with Gasteiger partial charge in [-0.3, -0.25) is 10.1 Å². The van der Waals surface area contributed by atoms with Crippen molar-refractivity contribution in [2.24, 2.45) is 5.41 Å². The molecule has 0 radical (unpaired) electrons. The van der Waals surface area contributed by atoms with Crippen LogP contribution in [0.3, 0.4) is 0 Å². The summed E-state index contributed by atoms with van der Waals surface area (Å²) in [6, 6.07) is 6.54. The van der Waals surface area contributed by atoms with E-state index in [1.54, 1.807) is 6.07 Å². The maximum absolute atomic E-state index is 10.7. The van der Waals surface area contributed by atoms with Gasteiger partial charge in [0.2, 0.25) is 0 Å². The van der Waals surface area contributed by atoms with Crippen molar-refractivity contribution in [3.05, 3.63) is 33.9 Å². The standard InChI is InChI=1S/C13H15N3O2/c1-13(2)5-6-15(9-13)12-4-3-11(16(17)18)7-10(12)8-14/h3-4,7H,5-6,9H2,1-2H3. The molecule has 1 fully saturated rings. The second kappa shape index (κ2) is 4.30. The summed E-state index contributed by atoms with van der Waals surface area (Å²) in [5.74, 6) is 0. The number of non-ortho nitro benzene ring substituents is 1. The molecule has 1 heterocycles. The van der Waals surface area contributed by atoms with Gasteiger partial charge < -0.3 is 4.90 Å². The fourth-order valence-electron chi connectivity index (χ4n) is 2.32. The average Bonchev–Trinajstić information content (AvgIpc) is 2.68. The number of hydrogen-bond acceptors (Lipinski definition) is 4. The first-order valence-electron chi connectivity index (χ1n) is 5.86. The molecule has 0 N–H and O–H groups in total. The average molecular weight is 245 g/mol. The second-order valence-electron chi connectivity index (χ2n) is 5.41. The van der Waals surface area contributed by atoms with Gasteiger partial charge in [-0.1, -0.05) is 13.8 Å². The number of nitro benzene ring substituents is 1. The molecule has 5 nitrogen and oxygen atoms in total. The van der Waals surface area contributed by atoms with E-state index < -0.39 is 4.92 Å². The van der Waals surface area contributed by atoms with Gasteiger partial charge in [0.1, 0.15) is 6.07 Å². The van der Waals surface area contributed by atoms with Crippen molar-refractivity contribution in [2.75, 3.05) is 18.0 Å². The fourth-order valence-corrected chi connectivity index (χ4v) is 2.32. The predicted molar refractivity (Wildman–Crippen MR) is 68.4 cm³/mol. The number of nitrogens with zero attached hydrogens (tertiary/aromatic N) is 3. The highest BCUT2D eigenvalue weighted by Crippen LogP contribution is 2.34. The number of hydrogen-bond donors (Lipinski definition) is 0. The molecule has 1 saturated heterocycles. The van der Waals surface area contributed by atoms with Crippen LogP contribution >= 0.6 is 0 Å². The SMILES string of the molecule is CC1(C)CCN(c2ccc([N+](=O)[O-])cc2C#N)C1. The number of nitriles is 1. The molecule has 1 aromatic rings. The highest BCUT2D eigenvalue weighted by atomic mass is 16.6. The molecule has 0 saturated carbocycles. The summed E-state index contributed by atoms with van der Waals surface area (Å²) in [7, 11) is 0. The fraction of sp³-hybridized carbons (Fsp3) is 0.462. The first-order chi connectivity index (χ1) is 8.43. The molecule has 1 aliphatic heterocycles. The van der Waals surface area contributed by atoms with Gasteiger partial charge in [-0.25, -0.2) is 0 Å². The van der Waals surface area contributed by atoms with Crippen LogP contribution in [0.4, 0.5) is 11.4 Å². The zero-order valence-corrected chi connectivity index (χ0v) is 10.5. The third-order valence-corrected chi connectivity index (χ3v) is 3.33. The molecule has 0 atom stereocenters. The molecule has 0 spiro atoms. The van der Waals surface area contributed by atoms with E-state index in [1.165, 1.54) is 12.1 Å². The van der Waals surface area contributed by atoms with Crippen LogP contribution in [0.5, 0.6) is 0 Å². The quantitative estimate of drug-likeness (QED) is 0.593. The van der Waals surface area contributed by atoms with Crippen molar-refractivity contribution in [1.29, 1.82) is 5.26 Å². The molecule has 94 valence electrons. The summed E-state index contributed by atoms with van der Waals surface area (Å²) >= 11 is 0. The predicted octanol–water partition coefficient (Wildman–Crippen LogP) is 2.70. The van der Waals surface area contributed by atoms with Gasteiger partial charge in [0.05, 0.1) is 16.2 Å². The summed E-state index contributed by atoms with van der Waals surface area (Å²) < 4.78 is 0. The number of benzene rings is 1. The zero-order valence-electron chi connectivity index (χ0n) is 10.5. The summed E-state index contributed by atoms with van der Waals surface area (Å²) in [6.45, 7) is 6.13. The van der Waals surface area contributed by atoms with Gasteiger partial charge in [0.15, 0.2) is 0 Å². The molecule has 0 aliphatic carbocycles. The van der Waals surface area contributed by atoms with Crippen molar-refractivity contribution >= 4 is 11.4 Å². The Labute approximate surface area is 106 Å². The normalized spacial score (nSPS) is 17.5. The largest absolute Gasteiger partial charge is 0.370 e. The first-order valence-corrected chi connectivity index (χ1v) is 5.86. The molecule has 0 aromatic heterocycles. The van der Waals surface area contributed by atoms with Crippen molar-refractivity contribution < 1.29 is 4.92 Å². The van der Waals surface area contributed by atoms with E-state index >= 15 is 0 Å². The lowest BCUT2D eigenvalue weighted by Crippen LogP contribution is -2.23. The highest BCUT2D eigenvalue weighted by Gasteiger charge is 2.30. The van der Waals surface area contributed by atoms with Crippen molar-refractivity contribution in [3.8, 4) is 6.07 Å². The van der Waals surface area contributed by atoms with Crippen LogP contribution < -0.4 is 4.90 Å². The van der Waals surface area contributed by atoms with Crippen LogP contribution in [-0.2, 0) is 0 Å². The molecule has 5 heteroatoms. The minimum Gasteiger partial charge on any atom is -0.370 e.